The van der Waals surface area contributed by atoms with Gasteiger partial charge in [0.1, 0.15) is 11.2 Å². The van der Waals surface area contributed by atoms with E-state index in [1.165, 1.54) is 119 Å². The molecule has 2 heteroatoms. The van der Waals surface area contributed by atoms with Crippen LogP contribution < -0.4 is 0 Å². The van der Waals surface area contributed by atoms with E-state index in [0.29, 0.717) is 0 Å². The van der Waals surface area contributed by atoms with Crippen LogP contribution in [0.25, 0.3) is 119 Å². The van der Waals surface area contributed by atoms with Gasteiger partial charge in [-0.05, 0) is 125 Å². The highest BCUT2D eigenvalue weighted by Gasteiger charge is 2.36. The molecule has 0 fully saturated rings. The molecule has 13 rings (SSSR count). The number of para-hydroxylation sites is 1. The highest BCUT2D eigenvalue weighted by Crippen LogP contribution is 2.52. The smallest absolute Gasteiger partial charge is 0.136 e. The number of hydrogen-bond acceptors (Lipinski definition) is 2. The van der Waals surface area contributed by atoms with E-state index in [4.69, 9.17) is 4.42 Å². The summed E-state index contributed by atoms with van der Waals surface area (Å²) in [5.41, 5.74) is 14.8. The molecule has 1 aliphatic carbocycles. The summed E-state index contributed by atoms with van der Waals surface area (Å²) in [5.74, 6) is 0. The summed E-state index contributed by atoms with van der Waals surface area (Å²) in [6, 6.07) is 67.6. The Morgan fingerprint density at radius 3 is 1.73 bits per heavy atom. The second kappa shape index (κ2) is 12.0. The summed E-state index contributed by atoms with van der Waals surface area (Å²) >= 11 is 1.89. The van der Waals surface area contributed by atoms with Crippen molar-refractivity contribution in [1.82, 2.24) is 0 Å². The molecule has 0 spiro atoms. The summed E-state index contributed by atoms with van der Waals surface area (Å²) in [6.07, 6.45) is 0. The van der Waals surface area contributed by atoms with Crippen LogP contribution in [0.15, 0.2) is 186 Å². The fourth-order valence-electron chi connectivity index (χ4n) is 10.5. The maximum atomic E-state index is 6.24. The molecule has 0 saturated carbocycles. The minimum absolute atomic E-state index is 0.138. The molecule has 0 N–H and O–H groups in total. The number of furan rings is 1. The van der Waals surface area contributed by atoms with Gasteiger partial charge in [-0.15, -0.1) is 11.3 Å². The minimum Gasteiger partial charge on any atom is -0.456 e. The molecular formula is C57H36OS. The maximum Gasteiger partial charge on any atom is 0.136 e. The highest BCUT2D eigenvalue weighted by atomic mass is 32.1. The molecule has 0 unspecified atom stereocenters. The second-order valence-corrected chi connectivity index (χ2v) is 17.8. The van der Waals surface area contributed by atoms with Gasteiger partial charge in [-0.1, -0.05) is 153 Å². The number of hydrogen-bond donors (Lipinski definition) is 0. The first-order valence-electron chi connectivity index (χ1n) is 20.5. The summed E-state index contributed by atoms with van der Waals surface area (Å²) in [4.78, 5) is 0. The van der Waals surface area contributed by atoms with Crippen molar-refractivity contribution in [1.29, 1.82) is 0 Å². The van der Waals surface area contributed by atoms with E-state index in [1.54, 1.807) is 0 Å². The predicted octanol–water partition coefficient (Wildman–Crippen LogP) is 16.7. The molecule has 0 bridgehead atoms. The van der Waals surface area contributed by atoms with E-state index in [-0.39, 0.29) is 5.41 Å². The number of thiophene rings is 1. The SMILES string of the molecule is CC1(C)c2ccc(-c3c4ccccc4c(-c4ccccc4)c4ccccc34)cc2-c2ccc(-c3ccc4sc5c(ccc6c5ccc5oc7ccccc7c56)c4c3)cc21. The van der Waals surface area contributed by atoms with Crippen molar-refractivity contribution in [3.8, 4) is 44.5 Å². The van der Waals surface area contributed by atoms with Crippen LogP contribution in [0, 0.1) is 0 Å². The molecule has 0 amide bonds. The van der Waals surface area contributed by atoms with Crippen molar-refractivity contribution >= 4 is 85.8 Å². The van der Waals surface area contributed by atoms with Crippen molar-refractivity contribution in [3.63, 3.8) is 0 Å². The number of rotatable bonds is 3. The Bertz CT molecular complexity index is 3690. The first kappa shape index (κ1) is 33.0. The molecule has 0 atom stereocenters. The third-order valence-electron chi connectivity index (χ3n) is 13.3. The van der Waals surface area contributed by atoms with Gasteiger partial charge in [0.2, 0.25) is 0 Å². The Hall–Kier alpha value is -7.00. The maximum absolute atomic E-state index is 6.24. The van der Waals surface area contributed by atoms with Gasteiger partial charge in [0, 0.05) is 41.7 Å². The van der Waals surface area contributed by atoms with Crippen LogP contribution in [0.5, 0.6) is 0 Å². The van der Waals surface area contributed by atoms with Crippen molar-refractivity contribution < 1.29 is 4.42 Å². The Kier molecular flexibility index (Phi) is 6.73. The van der Waals surface area contributed by atoms with Crippen LogP contribution in [0.1, 0.15) is 25.0 Å². The summed E-state index contributed by atoms with van der Waals surface area (Å²) in [5, 5.41) is 12.7. The van der Waals surface area contributed by atoms with Gasteiger partial charge in [0.05, 0.1) is 0 Å². The van der Waals surface area contributed by atoms with E-state index in [0.717, 1.165) is 11.2 Å². The van der Waals surface area contributed by atoms with E-state index in [1.807, 2.05) is 17.4 Å². The molecular weight excluding hydrogens is 733 g/mol. The lowest BCUT2D eigenvalue weighted by molar-refractivity contribution is 0.660. The predicted molar refractivity (Wildman–Crippen MR) is 253 cm³/mol. The summed E-state index contributed by atoms with van der Waals surface area (Å²) in [7, 11) is 0. The molecule has 0 radical (unpaired) electrons. The second-order valence-electron chi connectivity index (χ2n) is 16.7. The van der Waals surface area contributed by atoms with Gasteiger partial charge < -0.3 is 4.42 Å². The Balaban J connectivity index is 0.941. The molecule has 1 aliphatic rings. The quantitative estimate of drug-likeness (QED) is 0.163. The van der Waals surface area contributed by atoms with Crippen LogP contribution in [0.4, 0.5) is 0 Å². The lowest BCUT2D eigenvalue weighted by Crippen LogP contribution is -2.15. The fraction of sp³-hybridized carbons (Fsp3) is 0.0526. The molecule has 0 saturated heterocycles. The number of fused-ring (bicyclic) bond motifs is 14. The molecule has 0 aliphatic heterocycles. The number of benzene rings is 10. The van der Waals surface area contributed by atoms with Gasteiger partial charge in [0.15, 0.2) is 0 Å². The first-order chi connectivity index (χ1) is 29.0. The van der Waals surface area contributed by atoms with Crippen LogP contribution in [0.3, 0.4) is 0 Å². The van der Waals surface area contributed by atoms with Crippen LogP contribution >= 0.6 is 11.3 Å². The van der Waals surface area contributed by atoms with Crippen molar-refractivity contribution in [2.75, 3.05) is 0 Å². The zero-order valence-electron chi connectivity index (χ0n) is 32.6. The Labute approximate surface area is 345 Å². The minimum atomic E-state index is -0.138. The monoisotopic (exact) mass is 768 g/mol. The summed E-state index contributed by atoms with van der Waals surface area (Å²) in [6.45, 7) is 4.78. The topological polar surface area (TPSA) is 13.1 Å². The first-order valence-corrected chi connectivity index (χ1v) is 21.3. The van der Waals surface area contributed by atoms with E-state index in [2.05, 4.69) is 190 Å². The van der Waals surface area contributed by atoms with Crippen molar-refractivity contribution in [2.24, 2.45) is 0 Å². The third kappa shape index (κ3) is 4.61. The van der Waals surface area contributed by atoms with Gasteiger partial charge in [-0.3, -0.25) is 0 Å². The molecule has 276 valence electrons. The standard InChI is InChI=1S/C57H36OS/c1-57(2)48-27-21-36(54-40-16-8-6-14-38(40)53(33-12-4-3-5-13-33)39-15-7-9-17-41(39)54)31-46(48)37-23-20-35(32-49(37)57)34-22-29-52-47(30-34)44-25-24-42-43(56(44)59-52)26-28-51-55(42)45-18-10-11-19-50(45)58-51/h3-32H,1-2H3. The van der Waals surface area contributed by atoms with E-state index >= 15 is 0 Å². The Morgan fingerprint density at radius 1 is 0.373 bits per heavy atom. The zero-order valence-corrected chi connectivity index (χ0v) is 33.5. The third-order valence-corrected chi connectivity index (χ3v) is 14.5. The molecule has 12 aromatic rings. The van der Waals surface area contributed by atoms with Gasteiger partial charge in [-0.2, -0.15) is 0 Å². The fourth-order valence-corrected chi connectivity index (χ4v) is 11.7. The van der Waals surface area contributed by atoms with E-state index in [9.17, 15) is 0 Å². The lowest BCUT2D eigenvalue weighted by Gasteiger charge is -2.22. The lowest BCUT2D eigenvalue weighted by atomic mass is 9.81. The van der Waals surface area contributed by atoms with Crippen LogP contribution in [0.2, 0.25) is 0 Å². The van der Waals surface area contributed by atoms with E-state index < -0.39 is 0 Å². The van der Waals surface area contributed by atoms with Crippen LogP contribution in [-0.2, 0) is 5.41 Å². The molecule has 1 nitrogen and oxygen atoms in total. The van der Waals surface area contributed by atoms with Crippen LogP contribution in [-0.4, -0.2) is 0 Å². The average Bonchev–Trinajstić information content (AvgIpc) is 3.93. The zero-order chi connectivity index (χ0) is 39.0. The average molecular weight is 769 g/mol. The summed E-state index contributed by atoms with van der Waals surface area (Å²) < 4.78 is 8.88. The van der Waals surface area contributed by atoms with Crippen molar-refractivity contribution in [3.05, 3.63) is 193 Å². The molecule has 2 heterocycles. The molecule has 10 aromatic carbocycles. The normalized spacial score (nSPS) is 13.4. The highest BCUT2D eigenvalue weighted by molar-refractivity contribution is 7.26. The molecule has 2 aromatic heterocycles. The van der Waals surface area contributed by atoms with Gasteiger partial charge in [0.25, 0.3) is 0 Å². The Morgan fingerprint density at radius 2 is 0.966 bits per heavy atom. The molecule has 59 heavy (non-hydrogen) atoms. The largest absolute Gasteiger partial charge is 0.456 e. The van der Waals surface area contributed by atoms with Crippen molar-refractivity contribution in [2.45, 2.75) is 19.3 Å². The van der Waals surface area contributed by atoms with Gasteiger partial charge >= 0.3 is 0 Å². The van der Waals surface area contributed by atoms with Gasteiger partial charge in [-0.25, -0.2) is 0 Å².